The smallest absolute Gasteiger partial charge is 0.222 e. The predicted molar refractivity (Wildman–Crippen MR) is 102 cm³/mol. The molecule has 0 aliphatic carbocycles. The lowest BCUT2D eigenvalue weighted by Crippen LogP contribution is -1.90. The number of rotatable bonds is 4. The maximum Gasteiger partial charge on any atom is 0.222 e. The fraction of sp³-hybridized carbons (Fsp3) is 0.158. The van der Waals surface area contributed by atoms with Crippen LogP contribution in [0.4, 0.5) is 0 Å². The zero-order chi connectivity index (χ0) is 18.9. The molecule has 0 radical (unpaired) electrons. The van der Waals surface area contributed by atoms with Crippen LogP contribution in [0, 0.1) is 13.8 Å². The lowest BCUT2D eigenvalue weighted by molar-refractivity contribution is 0.456. The second-order valence-electron chi connectivity index (χ2n) is 6.19. The van der Waals surface area contributed by atoms with Crippen LogP contribution in [0.25, 0.3) is 28.7 Å². The van der Waals surface area contributed by atoms with Crippen LogP contribution in [0.1, 0.15) is 16.8 Å². The number of aromatic nitrogens is 3. The van der Waals surface area contributed by atoms with E-state index >= 15 is 0 Å². The molecule has 3 aromatic rings. The highest BCUT2D eigenvalue weighted by molar-refractivity contribution is 7.93. The second kappa shape index (κ2) is 6.76. The molecule has 0 bridgehead atoms. The van der Waals surface area contributed by atoms with Crippen molar-refractivity contribution in [3.8, 4) is 28.5 Å². The average Bonchev–Trinajstić information content (AvgIpc) is 3.03. The monoisotopic (exact) mass is 369 g/mol. The van der Waals surface area contributed by atoms with E-state index in [1.54, 1.807) is 6.07 Å². The molecule has 0 saturated carbocycles. The third kappa shape index (κ3) is 4.00. The van der Waals surface area contributed by atoms with Crippen LogP contribution in [-0.4, -0.2) is 34.7 Å². The summed E-state index contributed by atoms with van der Waals surface area (Å²) < 4.78 is 22.4. The molecule has 0 spiro atoms. The van der Waals surface area contributed by atoms with Crippen LogP contribution in [0.3, 0.4) is 0 Å². The van der Waals surface area contributed by atoms with Gasteiger partial charge in [0.05, 0.1) is 23.1 Å². The van der Waals surface area contributed by atoms with E-state index in [-0.39, 0.29) is 5.88 Å². The number of pyridine rings is 1. The first-order valence-corrected chi connectivity index (χ1v) is 9.89. The number of H-pyrrole nitrogens is 1. The molecular weight excluding hydrogens is 350 g/mol. The lowest BCUT2D eigenvalue weighted by Gasteiger charge is -2.07. The van der Waals surface area contributed by atoms with Gasteiger partial charge in [-0.2, -0.15) is 0 Å². The molecule has 3 rings (SSSR count). The Hall–Kier alpha value is -2.93. The van der Waals surface area contributed by atoms with Gasteiger partial charge in [-0.25, -0.2) is 18.4 Å². The van der Waals surface area contributed by atoms with Crippen molar-refractivity contribution in [2.24, 2.45) is 0 Å². The van der Waals surface area contributed by atoms with Gasteiger partial charge in [0.15, 0.2) is 9.84 Å². The molecule has 134 valence electrons. The van der Waals surface area contributed by atoms with Crippen molar-refractivity contribution in [1.29, 1.82) is 0 Å². The summed E-state index contributed by atoms with van der Waals surface area (Å²) in [6, 6.07) is 9.55. The van der Waals surface area contributed by atoms with Gasteiger partial charge in [-0.1, -0.05) is 12.1 Å². The number of hydrogen-bond donors (Lipinski definition) is 2. The quantitative estimate of drug-likeness (QED) is 0.734. The fourth-order valence-corrected chi connectivity index (χ4v) is 2.84. The molecule has 0 aliphatic rings. The molecule has 2 aromatic heterocycles. The van der Waals surface area contributed by atoms with E-state index in [2.05, 4.69) is 15.0 Å². The minimum Gasteiger partial charge on any atom is -0.493 e. The Kier molecular flexibility index (Phi) is 4.65. The highest BCUT2D eigenvalue weighted by Crippen LogP contribution is 2.29. The zero-order valence-corrected chi connectivity index (χ0v) is 15.5. The second-order valence-corrected chi connectivity index (χ2v) is 8.12. The number of aryl methyl sites for hydroxylation is 2. The van der Waals surface area contributed by atoms with Crippen LogP contribution in [0.5, 0.6) is 5.88 Å². The molecular formula is C19H19N3O3S. The topological polar surface area (TPSA) is 95.9 Å². The van der Waals surface area contributed by atoms with Crippen LogP contribution in [-0.2, 0) is 9.84 Å². The summed E-state index contributed by atoms with van der Waals surface area (Å²) in [6.07, 6.45) is 4.02. The minimum absolute atomic E-state index is 0.145. The molecule has 26 heavy (non-hydrogen) atoms. The number of nitrogens with zero attached hydrogens (tertiary/aromatic N) is 2. The number of imidazole rings is 1. The number of nitrogens with one attached hydrogen (secondary N) is 1. The molecule has 2 heterocycles. The Balaban J connectivity index is 1.92. The Labute approximate surface area is 152 Å². The van der Waals surface area contributed by atoms with E-state index in [1.807, 2.05) is 38.1 Å². The first-order valence-electron chi connectivity index (χ1n) is 7.94. The van der Waals surface area contributed by atoms with Gasteiger partial charge in [0.2, 0.25) is 5.88 Å². The SMILES string of the molecule is Cc1ccc(-c2ccc(-c3ncc(/C=C/S(C)(=O)=O)[nH]3)c(O)n2)cc1C. The molecule has 0 fully saturated rings. The van der Waals surface area contributed by atoms with Gasteiger partial charge in [-0.05, 0) is 49.2 Å². The number of aromatic hydroxyl groups is 1. The van der Waals surface area contributed by atoms with E-state index in [0.29, 0.717) is 22.8 Å². The number of benzene rings is 1. The van der Waals surface area contributed by atoms with E-state index < -0.39 is 9.84 Å². The van der Waals surface area contributed by atoms with E-state index in [4.69, 9.17) is 0 Å². The van der Waals surface area contributed by atoms with Crippen molar-refractivity contribution < 1.29 is 13.5 Å². The molecule has 0 aliphatic heterocycles. The van der Waals surface area contributed by atoms with Crippen molar-refractivity contribution in [2.75, 3.05) is 6.26 Å². The van der Waals surface area contributed by atoms with E-state index in [0.717, 1.165) is 22.8 Å². The first kappa shape index (κ1) is 17.9. The van der Waals surface area contributed by atoms with Gasteiger partial charge in [0, 0.05) is 17.2 Å². The van der Waals surface area contributed by atoms with Crippen molar-refractivity contribution in [3.63, 3.8) is 0 Å². The standard InChI is InChI=1S/C19H19N3O3S/c1-12-4-5-14(10-13(12)2)17-7-6-16(19(23)22-17)18-20-11-15(21-18)8-9-26(3,24)25/h4-11H,1-3H3,(H,20,21)(H,22,23)/b9-8+. The highest BCUT2D eigenvalue weighted by Gasteiger charge is 2.11. The van der Waals surface area contributed by atoms with Gasteiger partial charge in [-0.15, -0.1) is 0 Å². The summed E-state index contributed by atoms with van der Waals surface area (Å²) in [5.41, 5.74) is 4.89. The van der Waals surface area contributed by atoms with Gasteiger partial charge in [0.25, 0.3) is 0 Å². The maximum absolute atomic E-state index is 11.2. The molecule has 2 N–H and O–H groups in total. The fourth-order valence-electron chi connectivity index (χ4n) is 2.45. The summed E-state index contributed by atoms with van der Waals surface area (Å²) in [4.78, 5) is 11.4. The van der Waals surface area contributed by atoms with Crippen molar-refractivity contribution in [2.45, 2.75) is 13.8 Å². The molecule has 6 nitrogen and oxygen atoms in total. The maximum atomic E-state index is 11.2. The first-order chi connectivity index (χ1) is 12.2. The Morgan fingerprint density at radius 1 is 1.12 bits per heavy atom. The average molecular weight is 369 g/mol. The molecule has 0 saturated heterocycles. The van der Waals surface area contributed by atoms with Crippen molar-refractivity contribution in [1.82, 2.24) is 15.0 Å². The Bertz CT molecular complexity index is 1100. The van der Waals surface area contributed by atoms with Crippen LogP contribution < -0.4 is 0 Å². The summed E-state index contributed by atoms with van der Waals surface area (Å²) >= 11 is 0. The minimum atomic E-state index is -3.22. The molecule has 1 aromatic carbocycles. The summed E-state index contributed by atoms with van der Waals surface area (Å²) in [7, 11) is -3.22. The third-order valence-corrected chi connectivity index (χ3v) is 4.65. The van der Waals surface area contributed by atoms with Crippen molar-refractivity contribution in [3.05, 3.63) is 58.8 Å². The number of sulfone groups is 1. The van der Waals surface area contributed by atoms with E-state index in [1.165, 1.54) is 17.8 Å². The largest absolute Gasteiger partial charge is 0.493 e. The van der Waals surface area contributed by atoms with Gasteiger partial charge >= 0.3 is 0 Å². The molecule has 7 heteroatoms. The number of hydrogen-bond acceptors (Lipinski definition) is 5. The molecule has 0 unspecified atom stereocenters. The van der Waals surface area contributed by atoms with Gasteiger partial charge in [0.1, 0.15) is 5.82 Å². The normalized spacial score (nSPS) is 12.0. The van der Waals surface area contributed by atoms with Crippen LogP contribution in [0.15, 0.2) is 41.9 Å². The predicted octanol–water partition coefficient (Wildman–Crippen LogP) is 3.48. The van der Waals surface area contributed by atoms with Crippen molar-refractivity contribution >= 4 is 15.9 Å². The molecule has 0 atom stereocenters. The van der Waals surface area contributed by atoms with E-state index in [9.17, 15) is 13.5 Å². The van der Waals surface area contributed by atoms with Gasteiger partial charge in [-0.3, -0.25) is 0 Å². The number of aromatic amines is 1. The summed E-state index contributed by atoms with van der Waals surface area (Å²) in [6.45, 7) is 4.07. The summed E-state index contributed by atoms with van der Waals surface area (Å²) in [5.74, 6) is 0.267. The Morgan fingerprint density at radius 2 is 1.88 bits per heavy atom. The van der Waals surface area contributed by atoms with Crippen LogP contribution >= 0.6 is 0 Å². The third-order valence-electron chi connectivity index (χ3n) is 4.02. The summed E-state index contributed by atoms with van der Waals surface area (Å²) in [5, 5.41) is 11.4. The zero-order valence-electron chi connectivity index (χ0n) is 14.7. The van der Waals surface area contributed by atoms with Crippen LogP contribution in [0.2, 0.25) is 0 Å². The van der Waals surface area contributed by atoms with Gasteiger partial charge < -0.3 is 10.1 Å². The molecule has 0 amide bonds. The Morgan fingerprint density at radius 3 is 2.54 bits per heavy atom. The highest BCUT2D eigenvalue weighted by atomic mass is 32.2. The lowest BCUT2D eigenvalue weighted by atomic mass is 10.0.